The average molecular weight is 424 g/mol. The van der Waals surface area contributed by atoms with Crippen molar-refractivity contribution in [2.24, 2.45) is 0 Å². The van der Waals surface area contributed by atoms with E-state index in [1.807, 2.05) is 49.4 Å². The van der Waals surface area contributed by atoms with Crippen molar-refractivity contribution in [3.05, 3.63) is 88.8 Å². The van der Waals surface area contributed by atoms with Crippen LogP contribution in [0.4, 0.5) is 10.2 Å². The lowest BCUT2D eigenvalue weighted by Crippen LogP contribution is -2.20. The number of carbonyl (C=O) groups is 1. The highest BCUT2D eigenvalue weighted by Crippen LogP contribution is 2.22. The van der Waals surface area contributed by atoms with Crippen molar-refractivity contribution < 1.29 is 13.9 Å². The Morgan fingerprint density at radius 3 is 2.70 bits per heavy atom. The highest BCUT2D eigenvalue weighted by atomic mass is 35.5. The van der Waals surface area contributed by atoms with E-state index >= 15 is 0 Å². The summed E-state index contributed by atoms with van der Waals surface area (Å²) < 4.78 is 21.2. The van der Waals surface area contributed by atoms with Crippen LogP contribution in [-0.2, 0) is 11.3 Å². The third-order valence-corrected chi connectivity index (χ3v) is 5.06. The Kier molecular flexibility index (Phi) is 5.68. The summed E-state index contributed by atoms with van der Waals surface area (Å²) in [5.41, 5.74) is 1.11. The Balaban J connectivity index is 1.39. The summed E-state index contributed by atoms with van der Waals surface area (Å²) in [6.07, 6.45) is 0. The number of anilines is 1. The van der Waals surface area contributed by atoms with Crippen LogP contribution in [0.5, 0.6) is 5.75 Å². The molecule has 5 nitrogen and oxygen atoms in total. The van der Waals surface area contributed by atoms with E-state index in [9.17, 15) is 9.18 Å². The largest absolute Gasteiger partial charge is 0.484 e. The Morgan fingerprint density at radius 1 is 1.10 bits per heavy atom. The number of hydrogen-bond acceptors (Lipinski definition) is 3. The Morgan fingerprint density at radius 2 is 1.90 bits per heavy atom. The zero-order valence-electron chi connectivity index (χ0n) is 16.2. The van der Waals surface area contributed by atoms with Crippen LogP contribution in [-0.4, -0.2) is 22.3 Å². The number of hydrogen-bond donors (Lipinski definition) is 1. The Labute approximate surface area is 178 Å². The molecule has 4 rings (SSSR count). The minimum absolute atomic E-state index is 0.149. The molecule has 3 aromatic carbocycles. The summed E-state index contributed by atoms with van der Waals surface area (Å²) >= 11 is 6.09. The van der Waals surface area contributed by atoms with E-state index in [1.165, 1.54) is 6.07 Å². The van der Waals surface area contributed by atoms with Gasteiger partial charge in [0.1, 0.15) is 11.6 Å². The van der Waals surface area contributed by atoms with E-state index < -0.39 is 5.82 Å². The zero-order valence-corrected chi connectivity index (χ0v) is 17.0. The first-order chi connectivity index (χ1) is 14.5. The molecule has 0 radical (unpaired) electrons. The van der Waals surface area contributed by atoms with Crippen LogP contribution in [0.2, 0.25) is 5.02 Å². The van der Waals surface area contributed by atoms with Gasteiger partial charge in [0.2, 0.25) is 0 Å². The molecule has 0 aliphatic heterocycles. The molecule has 4 aromatic rings. The maximum absolute atomic E-state index is 14.0. The van der Waals surface area contributed by atoms with Gasteiger partial charge in [0.05, 0.1) is 6.54 Å². The number of aryl methyl sites for hydroxylation is 1. The number of halogens is 2. The third-order valence-electron chi connectivity index (χ3n) is 4.71. The Hall–Kier alpha value is -3.38. The number of fused-ring (bicyclic) bond motifs is 1. The summed E-state index contributed by atoms with van der Waals surface area (Å²) in [5.74, 6) is 0.246. The van der Waals surface area contributed by atoms with Crippen LogP contribution in [0.25, 0.3) is 10.8 Å². The van der Waals surface area contributed by atoms with Gasteiger partial charge in [-0.3, -0.25) is 9.48 Å². The van der Waals surface area contributed by atoms with E-state index in [1.54, 1.807) is 22.9 Å². The van der Waals surface area contributed by atoms with Gasteiger partial charge in [0, 0.05) is 22.3 Å². The lowest BCUT2D eigenvalue weighted by molar-refractivity contribution is -0.118. The molecule has 1 heterocycles. The number of nitrogens with one attached hydrogen (secondary N) is 1. The van der Waals surface area contributed by atoms with Crippen molar-refractivity contribution in [1.29, 1.82) is 0 Å². The first kappa shape index (κ1) is 19.9. The normalized spacial score (nSPS) is 10.9. The summed E-state index contributed by atoms with van der Waals surface area (Å²) in [6, 6.07) is 19.8. The minimum Gasteiger partial charge on any atom is -0.484 e. The molecule has 0 aliphatic rings. The number of aromatic nitrogens is 2. The quantitative estimate of drug-likeness (QED) is 0.463. The zero-order chi connectivity index (χ0) is 21.1. The maximum Gasteiger partial charge on any atom is 0.263 e. The van der Waals surface area contributed by atoms with E-state index in [0.717, 1.165) is 16.5 Å². The van der Waals surface area contributed by atoms with Gasteiger partial charge in [0.25, 0.3) is 5.91 Å². The molecule has 1 aromatic heterocycles. The fourth-order valence-electron chi connectivity index (χ4n) is 3.15. The molecule has 1 amide bonds. The lowest BCUT2D eigenvalue weighted by atomic mass is 10.1. The van der Waals surface area contributed by atoms with Crippen molar-refractivity contribution >= 4 is 34.1 Å². The molecule has 30 heavy (non-hydrogen) atoms. The minimum atomic E-state index is -0.397. The predicted octanol–water partition coefficient (Wildman–Crippen LogP) is 5.20. The summed E-state index contributed by atoms with van der Waals surface area (Å²) in [7, 11) is 0. The molecule has 0 unspecified atom stereocenters. The van der Waals surface area contributed by atoms with Crippen LogP contribution in [0.3, 0.4) is 0 Å². The van der Waals surface area contributed by atoms with Gasteiger partial charge in [-0.15, -0.1) is 0 Å². The smallest absolute Gasteiger partial charge is 0.263 e. The van der Waals surface area contributed by atoms with Crippen LogP contribution in [0.1, 0.15) is 11.3 Å². The van der Waals surface area contributed by atoms with E-state index in [0.29, 0.717) is 22.2 Å². The van der Waals surface area contributed by atoms with Crippen LogP contribution < -0.4 is 10.1 Å². The van der Waals surface area contributed by atoms with Crippen molar-refractivity contribution in [3.8, 4) is 5.75 Å². The van der Waals surface area contributed by atoms with Crippen molar-refractivity contribution in [2.75, 3.05) is 11.9 Å². The highest BCUT2D eigenvalue weighted by Gasteiger charge is 2.13. The molecule has 0 spiro atoms. The number of amides is 1. The number of carbonyl (C=O) groups excluding carboxylic acids is 1. The fourth-order valence-corrected chi connectivity index (χ4v) is 3.37. The second-order valence-electron chi connectivity index (χ2n) is 6.87. The maximum atomic E-state index is 14.0. The molecular weight excluding hydrogens is 405 g/mol. The van der Waals surface area contributed by atoms with E-state index in [-0.39, 0.29) is 19.1 Å². The summed E-state index contributed by atoms with van der Waals surface area (Å²) in [4.78, 5) is 12.3. The first-order valence-electron chi connectivity index (χ1n) is 9.38. The molecular formula is C23H19ClFN3O2. The van der Waals surface area contributed by atoms with Gasteiger partial charge in [-0.25, -0.2) is 4.39 Å². The van der Waals surface area contributed by atoms with Gasteiger partial charge >= 0.3 is 0 Å². The van der Waals surface area contributed by atoms with Gasteiger partial charge in [-0.05, 0) is 42.0 Å². The molecule has 152 valence electrons. The van der Waals surface area contributed by atoms with Crippen LogP contribution in [0, 0.1) is 12.7 Å². The van der Waals surface area contributed by atoms with Gasteiger partial charge in [0.15, 0.2) is 12.4 Å². The van der Waals surface area contributed by atoms with Crippen molar-refractivity contribution in [3.63, 3.8) is 0 Å². The van der Waals surface area contributed by atoms with Crippen LogP contribution in [0.15, 0.2) is 66.7 Å². The van der Waals surface area contributed by atoms with E-state index in [4.69, 9.17) is 16.3 Å². The molecule has 1 N–H and O–H groups in total. The molecule has 0 saturated heterocycles. The SMILES string of the molecule is Cc1cc(NC(=O)COc2ccc3ccccc3c2)nn1Cc1c(F)cccc1Cl. The second kappa shape index (κ2) is 8.55. The topological polar surface area (TPSA) is 56.1 Å². The van der Waals surface area contributed by atoms with Gasteiger partial charge in [-0.1, -0.05) is 48.0 Å². The average Bonchev–Trinajstić information content (AvgIpc) is 3.07. The van der Waals surface area contributed by atoms with E-state index in [2.05, 4.69) is 10.4 Å². The first-order valence-corrected chi connectivity index (χ1v) is 9.76. The highest BCUT2D eigenvalue weighted by molar-refractivity contribution is 6.31. The fraction of sp³-hybridized carbons (Fsp3) is 0.130. The molecule has 7 heteroatoms. The van der Waals surface area contributed by atoms with Crippen molar-refractivity contribution in [2.45, 2.75) is 13.5 Å². The molecule has 0 fully saturated rings. The number of nitrogens with zero attached hydrogens (tertiary/aromatic N) is 2. The summed E-state index contributed by atoms with van der Waals surface area (Å²) in [5, 5.41) is 9.50. The third kappa shape index (κ3) is 4.44. The lowest BCUT2D eigenvalue weighted by Gasteiger charge is -2.08. The number of rotatable bonds is 6. The number of benzene rings is 3. The molecule has 0 saturated carbocycles. The molecule has 0 aliphatic carbocycles. The van der Waals surface area contributed by atoms with Crippen molar-refractivity contribution in [1.82, 2.24) is 9.78 Å². The summed E-state index contributed by atoms with van der Waals surface area (Å²) in [6.45, 7) is 1.84. The van der Waals surface area contributed by atoms with Crippen LogP contribution >= 0.6 is 11.6 Å². The molecule has 0 bridgehead atoms. The van der Waals surface area contributed by atoms with Gasteiger partial charge in [-0.2, -0.15) is 5.10 Å². The standard InChI is InChI=1S/C23H19ClFN3O2/c1-15-11-22(27-28(15)13-19-20(24)7-4-8-21(19)25)26-23(29)14-30-18-10-9-16-5-2-3-6-17(16)12-18/h2-12H,13-14H2,1H3,(H,26,27,29). The molecule has 0 atom stereocenters. The second-order valence-corrected chi connectivity index (χ2v) is 7.28. The predicted molar refractivity (Wildman–Crippen MR) is 116 cm³/mol. The number of ether oxygens (including phenoxy) is 1. The monoisotopic (exact) mass is 423 g/mol. The Bertz CT molecular complexity index is 1200. The van der Waals surface area contributed by atoms with Gasteiger partial charge < -0.3 is 10.1 Å².